The van der Waals surface area contributed by atoms with Crippen LogP contribution < -0.4 is 10.1 Å². The van der Waals surface area contributed by atoms with Gasteiger partial charge in [-0.1, -0.05) is 24.6 Å². The van der Waals surface area contributed by atoms with E-state index in [0.717, 1.165) is 5.56 Å². The Balaban J connectivity index is 1.95. The minimum atomic E-state index is -5.65. The van der Waals surface area contributed by atoms with Crippen LogP contribution in [0.5, 0.6) is 5.88 Å². The summed E-state index contributed by atoms with van der Waals surface area (Å²) in [6.07, 6.45) is -1.91. The van der Waals surface area contributed by atoms with Crippen LogP contribution in [-0.2, 0) is 0 Å². The molecule has 0 fully saturated rings. The van der Waals surface area contributed by atoms with Crippen molar-refractivity contribution in [2.24, 2.45) is 0 Å². The predicted molar refractivity (Wildman–Crippen MR) is 74.6 cm³/mol. The summed E-state index contributed by atoms with van der Waals surface area (Å²) in [5.74, 6) is -5.18. The van der Waals surface area contributed by atoms with Crippen molar-refractivity contribution in [3.8, 4) is 5.88 Å². The third-order valence-corrected chi connectivity index (χ3v) is 3.84. The Labute approximate surface area is 134 Å². The standard InChI is InChI=1S/C14H14ClF5N2O/c1-8(11-4-10(15)6-21-11)9-2-3-12(22-5-9)23-7-13(16,17)14(18,19)20/h2-3,5-6,8,11,21H,4,7H2,1H3. The molecule has 0 saturated carbocycles. The zero-order valence-corrected chi connectivity index (χ0v) is 12.8. The van der Waals surface area contributed by atoms with Crippen molar-refractivity contribution >= 4 is 11.6 Å². The Morgan fingerprint density at radius 2 is 2.04 bits per heavy atom. The van der Waals surface area contributed by atoms with Gasteiger partial charge in [0, 0.05) is 41.9 Å². The lowest BCUT2D eigenvalue weighted by Crippen LogP contribution is -2.41. The maximum atomic E-state index is 12.8. The fraction of sp³-hybridized carbons (Fsp3) is 0.500. The molecule has 2 rings (SSSR count). The zero-order chi connectivity index (χ0) is 17.3. The Morgan fingerprint density at radius 3 is 2.52 bits per heavy atom. The number of nitrogens with zero attached hydrogens (tertiary/aromatic N) is 1. The van der Waals surface area contributed by atoms with Crippen LogP contribution in [0.4, 0.5) is 22.0 Å². The van der Waals surface area contributed by atoms with Gasteiger partial charge >= 0.3 is 12.1 Å². The molecule has 9 heteroatoms. The molecule has 0 amide bonds. The van der Waals surface area contributed by atoms with Crippen molar-refractivity contribution in [3.63, 3.8) is 0 Å². The van der Waals surface area contributed by atoms with E-state index in [9.17, 15) is 22.0 Å². The van der Waals surface area contributed by atoms with Crippen LogP contribution in [0.1, 0.15) is 24.8 Å². The summed E-state index contributed by atoms with van der Waals surface area (Å²) in [5.41, 5.74) is 0.789. The molecule has 1 aromatic rings. The molecule has 0 aliphatic carbocycles. The summed E-state index contributed by atoms with van der Waals surface area (Å²) in [7, 11) is 0. The highest BCUT2D eigenvalue weighted by atomic mass is 35.5. The predicted octanol–water partition coefficient (Wildman–Crippen LogP) is 4.20. The molecule has 0 spiro atoms. The van der Waals surface area contributed by atoms with Crippen molar-refractivity contribution in [2.45, 2.75) is 37.4 Å². The number of ether oxygens (including phenoxy) is 1. The highest BCUT2D eigenvalue weighted by Gasteiger charge is 2.58. The van der Waals surface area contributed by atoms with E-state index in [-0.39, 0.29) is 17.8 Å². The first-order valence-corrected chi connectivity index (χ1v) is 7.12. The molecule has 1 aliphatic heterocycles. The summed E-state index contributed by atoms with van der Waals surface area (Å²) in [6.45, 7) is 0.123. The lowest BCUT2D eigenvalue weighted by atomic mass is 9.94. The van der Waals surface area contributed by atoms with Gasteiger partial charge in [-0.25, -0.2) is 4.98 Å². The molecule has 128 valence electrons. The lowest BCUT2D eigenvalue weighted by molar-refractivity contribution is -0.290. The van der Waals surface area contributed by atoms with Crippen LogP contribution in [0.25, 0.3) is 0 Å². The van der Waals surface area contributed by atoms with Crippen molar-refractivity contribution in [1.29, 1.82) is 0 Å². The Morgan fingerprint density at radius 1 is 1.35 bits per heavy atom. The molecule has 2 heterocycles. The molecule has 3 nitrogen and oxygen atoms in total. The van der Waals surface area contributed by atoms with E-state index in [2.05, 4.69) is 15.0 Å². The van der Waals surface area contributed by atoms with Crippen LogP contribution in [0, 0.1) is 0 Å². The normalized spacial score (nSPS) is 20.0. The summed E-state index contributed by atoms with van der Waals surface area (Å²) in [4.78, 5) is 3.77. The molecule has 0 radical (unpaired) electrons. The number of pyridine rings is 1. The molecule has 0 bridgehead atoms. The number of alkyl halides is 5. The second-order valence-electron chi connectivity index (χ2n) is 5.28. The monoisotopic (exact) mass is 356 g/mol. The minimum absolute atomic E-state index is 0.0284. The number of halogens is 6. The van der Waals surface area contributed by atoms with E-state index in [1.165, 1.54) is 12.3 Å². The largest absolute Gasteiger partial charge is 0.471 e. The summed E-state index contributed by atoms with van der Waals surface area (Å²) in [5, 5.41) is 3.80. The average molecular weight is 357 g/mol. The smallest absolute Gasteiger partial charge is 0.456 e. The summed E-state index contributed by atoms with van der Waals surface area (Å²) in [6, 6.07) is 2.92. The van der Waals surface area contributed by atoms with Crippen molar-refractivity contribution in [2.75, 3.05) is 6.61 Å². The number of nitrogens with one attached hydrogen (secondary N) is 1. The molecule has 1 aromatic heterocycles. The first-order valence-electron chi connectivity index (χ1n) is 6.74. The van der Waals surface area contributed by atoms with Crippen molar-refractivity contribution in [3.05, 3.63) is 35.1 Å². The van der Waals surface area contributed by atoms with Gasteiger partial charge in [0.05, 0.1) is 0 Å². The quantitative estimate of drug-likeness (QED) is 0.803. The SMILES string of the molecule is CC(c1ccc(OCC(F)(F)C(F)(F)F)nc1)C1CC(Cl)=CN1. The third kappa shape index (κ3) is 4.25. The van der Waals surface area contributed by atoms with Gasteiger partial charge in [0.25, 0.3) is 0 Å². The number of hydrogen-bond donors (Lipinski definition) is 1. The van der Waals surface area contributed by atoms with Crippen molar-refractivity contribution in [1.82, 2.24) is 10.3 Å². The van der Waals surface area contributed by atoms with Gasteiger partial charge in [-0.3, -0.25) is 0 Å². The zero-order valence-electron chi connectivity index (χ0n) is 12.0. The molecule has 0 saturated heterocycles. The van der Waals surface area contributed by atoms with Gasteiger partial charge in [-0.05, 0) is 5.56 Å². The Bertz CT molecular complexity index is 574. The van der Waals surface area contributed by atoms with Crippen LogP contribution in [0.15, 0.2) is 29.6 Å². The van der Waals surface area contributed by atoms with Crippen LogP contribution in [0.2, 0.25) is 0 Å². The first kappa shape index (κ1) is 17.8. The Kier molecular flexibility index (Phi) is 5.03. The summed E-state index contributed by atoms with van der Waals surface area (Å²) < 4.78 is 66.1. The molecular weight excluding hydrogens is 343 g/mol. The molecule has 1 N–H and O–H groups in total. The van der Waals surface area contributed by atoms with Gasteiger partial charge < -0.3 is 10.1 Å². The maximum absolute atomic E-state index is 12.8. The topological polar surface area (TPSA) is 34.1 Å². The fourth-order valence-electron chi connectivity index (χ4n) is 2.07. The van der Waals surface area contributed by atoms with Crippen LogP contribution >= 0.6 is 11.6 Å². The molecule has 2 atom stereocenters. The second kappa shape index (κ2) is 6.51. The van der Waals surface area contributed by atoms with Crippen LogP contribution in [0.3, 0.4) is 0 Å². The second-order valence-corrected chi connectivity index (χ2v) is 5.76. The third-order valence-electron chi connectivity index (χ3n) is 3.57. The lowest BCUT2D eigenvalue weighted by Gasteiger charge is -2.21. The van der Waals surface area contributed by atoms with Gasteiger partial charge in [0.2, 0.25) is 5.88 Å². The number of aromatic nitrogens is 1. The molecule has 1 aliphatic rings. The van der Waals surface area contributed by atoms with E-state index < -0.39 is 18.7 Å². The number of hydrogen-bond acceptors (Lipinski definition) is 3. The van der Waals surface area contributed by atoms with Gasteiger partial charge in [0.1, 0.15) is 0 Å². The van der Waals surface area contributed by atoms with E-state index >= 15 is 0 Å². The molecule has 0 aromatic carbocycles. The molecule has 2 unspecified atom stereocenters. The highest BCUT2D eigenvalue weighted by molar-refractivity contribution is 6.29. The maximum Gasteiger partial charge on any atom is 0.456 e. The van der Waals surface area contributed by atoms with Gasteiger partial charge in [0.15, 0.2) is 6.61 Å². The van der Waals surface area contributed by atoms with Crippen molar-refractivity contribution < 1.29 is 26.7 Å². The molecular formula is C14H14ClF5N2O. The highest BCUT2D eigenvalue weighted by Crippen LogP contribution is 2.35. The van der Waals surface area contributed by atoms with E-state index in [1.807, 2.05) is 6.92 Å². The molecule has 23 heavy (non-hydrogen) atoms. The summed E-state index contributed by atoms with van der Waals surface area (Å²) >= 11 is 5.88. The first-order chi connectivity index (χ1) is 10.6. The number of rotatable bonds is 5. The average Bonchev–Trinajstić information content (AvgIpc) is 2.90. The Hall–Kier alpha value is -1.57. The van der Waals surface area contributed by atoms with Gasteiger partial charge in [-0.2, -0.15) is 22.0 Å². The van der Waals surface area contributed by atoms with E-state index in [4.69, 9.17) is 11.6 Å². The van der Waals surface area contributed by atoms with Gasteiger partial charge in [-0.15, -0.1) is 0 Å². The van der Waals surface area contributed by atoms with Crippen LogP contribution in [-0.4, -0.2) is 29.7 Å². The minimum Gasteiger partial charge on any atom is -0.471 e. The van der Waals surface area contributed by atoms with E-state index in [1.54, 1.807) is 12.3 Å². The fourth-order valence-corrected chi connectivity index (χ4v) is 2.30. The van der Waals surface area contributed by atoms with E-state index in [0.29, 0.717) is 11.5 Å².